The number of pyridine rings is 2. The highest BCUT2D eigenvalue weighted by atomic mass is 16.6. The molecule has 0 saturated heterocycles. The molecule has 0 aliphatic heterocycles. The van der Waals surface area contributed by atoms with E-state index in [2.05, 4.69) is 15.3 Å². The second kappa shape index (κ2) is 12.3. The number of hydrogen-bond donors (Lipinski definition) is 1. The SMILES string of the molecule is COc1ccnc(C(=O)N[C@@H](C)C(=O)O[C@@H](C)[C@@H](Oc2ccccc2)c2cccnc2)c1OC(C)=O. The topological polar surface area (TPSA) is 126 Å². The van der Waals surface area contributed by atoms with Crippen LogP contribution in [0.3, 0.4) is 0 Å². The van der Waals surface area contributed by atoms with Crippen LogP contribution in [-0.2, 0) is 14.3 Å². The molecular weight excluding hydrogens is 466 g/mol. The Kier molecular flexibility index (Phi) is 8.93. The maximum Gasteiger partial charge on any atom is 0.328 e. The lowest BCUT2D eigenvalue weighted by Crippen LogP contribution is -2.42. The average Bonchev–Trinajstić information content (AvgIpc) is 2.88. The molecule has 10 heteroatoms. The summed E-state index contributed by atoms with van der Waals surface area (Å²) >= 11 is 0. The Bertz CT molecular complexity index is 1190. The van der Waals surface area contributed by atoms with E-state index in [0.717, 1.165) is 0 Å². The van der Waals surface area contributed by atoms with Gasteiger partial charge in [0.1, 0.15) is 17.9 Å². The van der Waals surface area contributed by atoms with Gasteiger partial charge in [-0.15, -0.1) is 0 Å². The maximum atomic E-state index is 12.9. The molecule has 0 spiro atoms. The van der Waals surface area contributed by atoms with Crippen molar-refractivity contribution in [3.63, 3.8) is 0 Å². The summed E-state index contributed by atoms with van der Waals surface area (Å²) in [4.78, 5) is 45.3. The van der Waals surface area contributed by atoms with Gasteiger partial charge in [0.2, 0.25) is 5.75 Å². The Morgan fingerprint density at radius 1 is 0.972 bits per heavy atom. The summed E-state index contributed by atoms with van der Waals surface area (Å²) in [6.45, 7) is 4.34. The fourth-order valence-electron chi connectivity index (χ4n) is 3.29. The molecule has 0 aliphatic rings. The molecule has 3 atom stereocenters. The van der Waals surface area contributed by atoms with Crippen LogP contribution in [0.4, 0.5) is 0 Å². The Hall–Kier alpha value is -4.47. The number of carbonyl (C=O) groups excluding carboxylic acids is 3. The summed E-state index contributed by atoms with van der Waals surface area (Å²) in [6.07, 6.45) is 3.21. The van der Waals surface area contributed by atoms with Crippen LogP contribution in [0.25, 0.3) is 0 Å². The summed E-state index contributed by atoms with van der Waals surface area (Å²) in [5.41, 5.74) is 0.503. The van der Waals surface area contributed by atoms with E-state index in [4.69, 9.17) is 18.9 Å². The number of aromatic nitrogens is 2. The smallest absolute Gasteiger partial charge is 0.328 e. The normalized spacial score (nSPS) is 13.0. The number of rotatable bonds is 10. The minimum atomic E-state index is -1.05. The molecule has 2 aromatic heterocycles. The highest BCUT2D eigenvalue weighted by molar-refractivity contribution is 5.98. The van der Waals surface area contributed by atoms with Gasteiger partial charge in [-0.2, -0.15) is 0 Å². The predicted octanol–water partition coefficient (Wildman–Crippen LogP) is 3.28. The summed E-state index contributed by atoms with van der Waals surface area (Å²) in [7, 11) is 1.36. The Balaban J connectivity index is 1.72. The first kappa shape index (κ1) is 26.1. The Labute approximate surface area is 208 Å². The van der Waals surface area contributed by atoms with Gasteiger partial charge in [-0.25, -0.2) is 9.78 Å². The second-order valence-corrected chi connectivity index (χ2v) is 7.76. The van der Waals surface area contributed by atoms with Crippen molar-refractivity contribution in [1.29, 1.82) is 0 Å². The number of methoxy groups -OCH3 is 1. The van der Waals surface area contributed by atoms with E-state index in [0.29, 0.717) is 11.3 Å². The molecule has 0 saturated carbocycles. The summed E-state index contributed by atoms with van der Waals surface area (Å²) in [6, 6.07) is 13.1. The first-order valence-electron chi connectivity index (χ1n) is 11.1. The predicted molar refractivity (Wildman–Crippen MR) is 129 cm³/mol. The number of carbonyl (C=O) groups is 3. The zero-order chi connectivity index (χ0) is 26.1. The first-order valence-corrected chi connectivity index (χ1v) is 11.1. The number of para-hydroxylation sites is 1. The van der Waals surface area contributed by atoms with Crippen LogP contribution in [0.2, 0.25) is 0 Å². The fraction of sp³-hybridized carbons (Fsp3) is 0.269. The number of benzene rings is 1. The molecule has 0 unspecified atom stereocenters. The number of esters is 2. The van der Waals surface area contributed by atoms with Crippen LogP contribution >= 0.6 is 0 Å². The van der Waals surface area contributed by atoms with Gasteiger partial charge in [-0.1, -0.05) is 24.3 Å². The molecule has 0 radical (unpaired) electrons. The van der Waals surface area contributed by atoms with Gasteiger partial charge in [0.05, 0.1) is 7.11 Å². The highest BCUT2D eigenvalue weighted by Crippen LogP contribution is 2.30. The summed E-state index contributed by atoms with van der Waals surface area (Å²) in [5.74, 6) is -1.50. The molecule has 3 aromatic rings. The van der Waals surface area contributed by atoms with E-state index < -0.39 is 36.1 Å². The van der Waals surface area contributed by atoms with E-state index >= 15 is 0 Å². The third-order valence-electron chi connectivity index (χ3n) is 5.00. The molecule has 10 nitrogen and oxygen atoms in total. The van der Waals surface area contributed by atoms with Gasteiger partial charge < -0.3 is 24.3 Å². The number of nitrogens with one attached hydrogen (secondary N) is 1. The van der Waals surface area contributed by atoms with Gasteiger partial charge in [0, 0.05) is 37.1 Å². The van der Waals surface area contributed by atoms with Gasteiger partial charge in [-0.3, -0.25) is 14.6 Å². The van der Waals surface area contributed by atoms with Crippen molar-refractivity contribution in [2.45, 2.75) is 39.0 Å². The standard InChI is InChI=1S/C26H27N3O7/c1-16(29-25(31)22-24(35-18(3)30)21(33-4)12-14-28-22)26(32)34-17(2)23(19-9-8-13-27-15-19)36-20-10-6-5-7-11-20/h5-17,23H,1-4H3,(H,29,31)/t16-,17-,23+/m0/s1. The number of amides is 1. The van der Waals surface area contributed by atoms with Crippen LogP contribution in [0.15, 0.2) is 67.1 Å². The van der Waals surface area contributed by atoms with Gasteiger partial charge in [0.25, 0.3) is 5.91 Å². The molecule has 1 amide bonds. The van der Waals surface area contributed by atoms with Crippen molar-refractivity contribution in [2.24, 2.45) is 0 Å². The van der Waals surface area contributed by atoms with Crippen molar-refractivity contribution < 1.29 is 33.3 Å². The molecule has 0 fully saturated rings. The molecule has 36 heavy (non-hydrogen) atoms. The molecular formula is C26H27N3O7. The average molecular weight is 494 g/mol. The quantitative estimate of drug-likeness (QED) is 0.423. The van der Waals surface area contributed by atoms with Crippen molar-refractivity contribution in [3.05, 3.63) is 78.4 Å². The van der Waals surface area contributed by atoms with E-state index in [1.807, 2.05) is 24.3 Å². The van der Waals surface area contributed by atoms with Crippen LogP contribution in [-0.4, -0.2) is 47.1 Å². The Morgan fingerprint density at radius 3 is 2.36 bits per heavy atom. The zero-order valence-corrected chi connectivity index (χ0v) is 20.3. The van der Waals surface area contributed by atoms with Crippen LogP contribution in [0, 0.1) is 0 Å². The van der Waals surface area contributed by atoms with E-state index in [1.54, 1.807) is 37.5 Å². The van der Waals surface area contributed by atoms with Gasteiger partial charge in [0.15, 0.2) is 17.5 Å². The maximum absolute atomic E-state index is 12.9. The lowest BCUT2D eigenvalue weighted by atomic mass is 10.1. The monoisotopic (exact) mass is 493 g/mol. The van der Waals surface area contributed by atoms with Crippen LogP contribution < -0.4 is 19.5 Å². The van der Waals surface area contributed by atoms with Crippen LogP contribution in [0.5, 0.6) is 17.2 Å². The van der Waals surface area contributed by atoms with E-state index in [-0.39, 0.29) is 17.2 Å². The number of hydrogen-bond acceptors (Lipinski definition) is 9. The summed E-state index contributed by atoms with van der Waals surface area (Å²) < 4.78 is 22.0. The lowest BCUT2D eigenvalue weighted by Gasteiger charge is -2.26. The summed E-state index contributed by atoms with van der Waals surface area (Å²) in [5, 5.41) is 2.52. The minimum absolute atomic E-state index is 0.145. The third-order valence-corrected chi connectivity index (χ3v) is 5.00. The van der Waals surface area contributed by atoms with Crippen LogP contribution in [0.1, 0.15) is 42.9 Å². The molecule has 0 bridgehead atoms. The molecule has 0 aliphatic carbocycles. The van der Waals surface area contributed by atoms with Crippen molar-refractivity contribution in [1.82, 2.24) is 15.3 Å². The Morgan fingerprint density at radius 2 is 1.72 bits per heavy atom. The van der Waals surface area contributed by atoms with Crippen molar-refractivity contribution in [2.75, 3.05) is 7.11 Å². The second-order valence-electron chi connectivity index (χ2n) is 7.76. The largest absolute Gasteiger partial charge is 0.493 e. The molecule has 1 N–H and O–H groups in total. The zero-order valence-electron chi connectivity index (χ0n) is 20.3. The van der Waals surface area contributed by atoms with Crippen molar-refractivity contribution in [3.8, 4) is 17.2 Å². The fourth-order valence-corrected chi connectivity index (χ4v) is 3.29. The third kappa shape index (κ3) is 6.78. The number of nitrogens with zero attached hydrogens (tertiary/aromatic N) is 2. The highest BCUT2D eigenvalue weighted by Gasteiger charge is 2.29. The molecule has 3 rings (SSSR count). The van der Waals surface area contributed by atoms with E-state index in [9.17, 15) is 14.4 Å². The minimum Gasteiger partial charge on any atom is -0.493 e. The molecule has 1 aromatic carbocycles. The number of ether oxygens (including phenoxy) is 4. The molecule has 2 heterocycles. The van der Waals surface area contributed by atoms with Gasteiger partial charge >= 0.3 is 11.9 Å². The van der Waals surface area contributed by atoms with Gasteiger partial charge in [-0.05, 0) is 32.0 Å². The van der Waals surface area contributed by atoms with E-state index in [1.165, 1.54) is 33.2 Å². The molecule has 188 valence electrons. The van der Waals surface area contributed by atoms with Crippen molar-refractivity contribution >= 4 is 17.8 Å². The first-order chi connectivity index (χ1) is 17.3. The lowest BCUT2D eigenvalue weighted by molar-refractivity contribution is -0.154.